The normalized spacial score (nSPS) is 14.3. The van der Waals surface area contributed by atoms with Gasteiger partial charge in [-0.05, 0) is 33.7 Å². The smallest absolute Gasteiger partial charge is 0.323 e. The quantitative estimate of drug-likeness (QED) is 0.703. The van der Waals surface area contributed by atoms with Gasteiger partial charge in [0.05, 0.1) is 0 Å². The number of methoxy groups -OCH3 is 1. The molecule has 4 heteroatoms. The summed E-state index contributed by atoms with van der Waals surface area (Å²) in [5.74, 6) is -0.784. The fourth-order valence-corrected chi connectivity index (χ4v) is 1.83. The molecule has 0 amide bonds. The molecule has 15 heavy (non-hydrogen) atoms. The van der Waals surface area contributed by atoms with Gasteiger partial charge in [-0.3, -0.25) is 9.69 Å². The SMILES string of the molecule is CCN(C(C)CCOC)C(C)(C)C(=O)O. The molecular formula is C11H23NO3. The molecule has 0 saturated heterocycles. The fraction of sp³-hybridized carbons (Fsp3) is 0.909. The van der Waals surface area contributed by atoms with Crippen molar-refractivity contribution >= 4 is 5.97 Å². The molecule has 0 radical (unpaired) electrons. The van der Waals surface area contributed by atoms with E-state index in [1.54, 1.807) is 21.0 Å². The topological polar surface area (TPSA) is 49.8 Å². The molecule has 90 valence electrons. The predicted molar refractivity (Wildman–Crippen MR) is 60.0 cm³/mol. The number of hydrogen-bond donors (Lipinski definition) is 1. The molecule has 4 nitrogen and oxygen atoms in total. The van der Waals surface area contributed by atoms with Crippen LogP contribution in [-0.2, 0) is 9.53 Å². The van der Waals surface area contributed by atoms with E-state index in [2.05, 4.69) is 0 Å². The molecule has 0 aliphatic carbocycles. The van der Waals surface area contributed by atoms with Crippen LogP contribution in [0, 0.1) is 0 Å². The van der Waals surface area contributed by atoms with Crippen LogP contribution in [0.25, 0.3) is 0 Å². The maximum absolute atomic E-state index is 11.1. The Labute approximate surface area is 92.2 Å². The van der Waals surface area contributed by atoms with Crippen LogP contribution in [-0.4, -0.2) is 47.8 Å². The van der Waals surface area contributed by atoms with Crippen LogP contribution >= 0.6 is 0 Å². The average molecular weight is 217 g/mol. The van der Waals surface area contributed by atoms with Crippen LogP contribution in [0.1, 0.15) is 34.1 Å². The molecule has 0 rings (SSSR count). The highest BCUT2D eigenvalue weighted by molar-refractivity contribution is 5.77. The van der Waals surface area contributed by atoms with Crippen molar-refractivity contribution in [1.82, 2.24) is 4.90 Å². The number of carboxylic acid groups (broad SMARTS) is 1. The van der Waals surface area contributed by atoms with Gasteiger partial charge in [0, 0.05) is 19.8 Å². The standard InChI is InChI=1S/C11H23NO3/c1-6-12(9(2)7-8-15-5)11(3,4)10(13)14/h9H,6-8H2,1-5H3,(H,13,14). The van der Waals surface area contributed by atoms with Gasteiger partial charge in [0.2, 0.25) is 0 Å². The van der Waals surface area contributed by atoms with Gasteiger partial charge in [-0.1, -0.05) is 6.92 Å². The molecule has 1 unspecified atom stereocenters. The zero-order valence-electron chi connectivity index (χ0n) is 10.4. The van der Waals surface area contributed by atoms with Crippen molar-refractivity contribution in [2.75, 3.05) is 20.3 Å². The van der Waals surface area contributed by atoms with Crippen LogP contribution in [0.5, 0.6) is 0 Å². The van der Waals surface area contributed by atoms with Gasteiger partial charge in [-0.15, -0.1) is 0 Å². The minimum absolute atomic E-state index is 0.209. The van der Waals surface area contributed by atoms with E-state index >= 15 is 0 Å². The molecule has 0 aliphatic heterocycles. The van der Waals surface area contributed by atoms with Crippen LogP contribution in [0.15, 0.2) is 0 Å². The summed E-state index contributed by atoms with van der Waals surface area (Å²) in [7, 11) is 1.66. The highest BCUT2D eigenvalue weighted by atomic mass is 16.5. The highest BCUT2D eigenvalue weighted by Gasteiger charge is 2.35. The summed E-state index contributed by atoms with van der Waals surface area (Å²) in [4.78, 5) is 13.1. The predicted octanol–water partition coefficient (Wildman–Crippen LogP) is 1.60. The van der Waals surface area contributed by atoms with E-state index in [1.165, 1.54) is 0 Å². The molecule has 0 aromatic rings. The first-order valence-electron chi connectivity index (χ1n) is 5.37. The molecule has 0 aliphatic rings. The van der Waals surface area contributed by atoms with E-state index in [0.29, 0.717) is 6.61 Å². The van der Waals surface area contributed by atoms with E-state index in [9.17, 15) is 4.79 Å². The van der Waals surface area contributed by atoms with Crippen LogP contribution in [0.4, 0.5) is 0 Å². The molecule has 0 saturated carbocycles. The molecule has 0 spiro atoms. The first-order chi connectivity index (χ1) is 6.87. The number of carbonyl (C=O) groups is 1. The maximum atomic E-state index is 11.1. The molecule has 1 N–H and O–H groups in total. The van der Waals surface area contributed by atoms with E-state index in [-0.39, 0.29) is 6.04 Å². The molecular weight excluding hydrogens is 194 g/mol. The van der Waals surface area contributed by atoms with Gasteiger partial charge in [0.15, 0.2) is 0 Å². The van der Waals surface area contributed by atoms with Crippen molar-refractivity contribution in [3.63, 3.8) is 0 Å². The Morgan fingerprint density at radius 2 is 2.07 bits per heavy atom. The molecule has 0 heterocycles. The lowest BCUT2D eigenvalue weighted by molar-refractivity contribution is -0.151. The lowest BCUT2D eigenvalue weighted by atomic mass is 9.99. The summed E-state index contributed by atoms with van der Waals surface area (Å²) >= 11 is 0. The average Bonchev–Trinajstić information content (AvgIpc) is 2.15. The molecule has 0 aromatic carbocycles. The van der Waals surface area contributed by atoms with Gasteiger partial charge in [0.1, 0.15) is 5.54 Å². The Hall–Kier alpha value is -0.610. The first kappa shape index (κ1) is 14.4. The number of carboxylic acids is 1. The highest BCUT2D eigenvalue weighted by Crippen LogP contribution is 2.19. The second kappa shape index (κ2) is 6.08. The Morgan fingerprint density at radius 1 is 1.53 bits per heavy atom. The van der Waals surface area contributed by atoms with E-state index in [1.807, 2.05) is 18.7 Å². The Morgan fingerprint density at radius 3 is 2.40 bits per heavy atom. The van der Waals surface area contributed by atoms with Crippen molar-refractivity contribution in [2.45, 2.75) is 45.7 Å². The number of likely N-dealkylation sites (N-methyl/N-ethyl adjacent to an activating group) is 1. The molecule has 0 aromatic heterocycles. The zero-order chi connectivity index (χ0) is 12.1. The summed E-state index contributed by atoms with van der Waals surface area (Å²) in [6.07, 6.45) is 0.848. The summed E-state index contributed by atoms with van der Waals surface area (Å²) < 4.78 is 5.01. The van der Waals surface area contributed by atoms with E-state index in [0.717, 1.165) is 13.0 Å². The van der Waals surface area contributed by atoms with Gasteiger partial charge in [-0.2, -0.15) is 0 Å². The van der Waals surface area contributed by atoms with Crippen LogP contribution in [0.2, 0.25) is 0 Å². The van der Waals surface area contributed by atoms with Crippen molar-refractivity contribution in [3.05, 3.63) is 0 Å². The lowest BCUT2D eigenvalue weighted by Crippen LogP contribution is -2.54. The van der Waals surface area contributed by atoms with Crippen molar-refractivity contribution in [1.29, 1.82) is 0 Å². The third-order valence-corrected chi connectivity index (χ3v) is 2.85. The number of aliphatic carboxylic acids is 1. The summed E-state index contributed by atoms with van der Waals surface area (Å²) in [6, 6.07) is 0.209. The number of nitrogens with zero attached hydrogens (tertiary/aromatic N) is 1. The largest absolute Gasteiger partial charge is 0.480 e. The van der Waals surface area contributed by atoms with Gasteiger partial charge in [-0.25, -0.2) is 0 Å². The Kier molecular flexibility index (Phi) is 5.83. The molecule has 0 fully saturated rings. The lowest BCUT2D eigenvalue weighted by Gasteiger charge is -2.38. The number of hydrogen-bond acceptors (Lipinski definition) is 3. The van der Waals surface area contributed by atoms with Gasteiger partial charge < -0.3 is 9.84 Å². The number of ether oxygens (including phenoxy) is 1. The molecule has 1 atom stereocenters. The minimum atomic E-state index is -0.818. The Bertz CT molecular complexity index is 204. The van der Waals surface area contributed by atoms with Gasteiger partial charge >= 0.3 is 5.97 Å². The summed E-state index contributed by atoms with van der Waals surface area (Å²) in [5.41, 5.74) is -0.818. The first-order valence-corrected chi connectivity index (χ1v) is 5.37. The second-order valence-electron chi connectivity index (χ2n) is 4.28. The molecule has 0 bridgehead atoms. The van der Waals surface area contributed by atoms with Gasteiger partial charge in [0.25, 0.3) is 0 Å². The minimum Gasteiger partial charge on any atom is -0.480 e. The number of rotatable bonds is 7. The monoisotopic (exact) mass is 217 g/mol. The third-order valence-electron chi connectivity index (χ3n) is 2.85. The Balaban J connectivity index is 4.52. The summed E-state index contributed by atoms with van der Waals surface area (Å²) in [5, 5.41) is 9.14. The zero-order valence-corrected chi connectivity index (χ0v) is 10.4. The van der Waals surface area contributed by atoms with Crippen molar-refractivity contribution < 1.29 is 14.6 Å². The van der Waals surface area contributed by atoms with Crippen molar-refractivity contribution in [2.24, 2.45) is 0 Å². The fourth-order valence-electron chi connectivity index (χ4n) is 1.83. The maximum Gasteiger partial charge on any atom is 0.323 e. The summed E-state index contributed by atoms with van der Waals surface area (Å²) in [6.45, 7) is 8.88. The second-order valence-corrected chi connectivity index (χ2v) is 4.28. The third kappa shape index (κ3) is 3.80. The van der Waals surface area contributed by atoms with E-state index in [4.69, 9.17) is 9.84 Å². The van der Waals surface area contributed by atoms with Crippen LogP contribution in [0.3, 0.4) is 0 Å². The van der Waals surface area contributed by atoms with Crippen molar-refractivity contribution in [3.8, 4) is 0 Å². The van der Waals surface area contributed by atoms with Crippen LogP contribution < -0.4 is 0 Å². The van der Waals surface area contributed by atoms with E-state index < -0.39 is 11.5 Å².